The third-order valence-corrected chi connectivity index (χ3v) is 10.2. The summed E-state index contributed by atoms with van der Waals surface area (Å²) in [4.78, 5) is 9.44. The third kappa shape index (κ3) is 3.93. The molecule has 0 spiro atoms. The van der Waals surface area contributed by atoms with Crippen LogP contribution in [0.25, 0.3) is 28.4 Å². The van der Waals surface area contributed by atoms with E-state index >= 15 is 0 Å². The minimum Gasteiger partial charge on any atom is -0.456 e. The molecule has 0 bridgehead atoms. The van der Waals surface area contributed by atoms with Gasteiger partial charge in [0, 0.05) is 69.9 Å². The molecule has 5 aromatic rings. The standard InChI is InChI=1S/C42H32N4O/c1-2-12-28(13-3-1)46-37-19-8-5-16-31(37)40-30-15-4-7-18-36(30)45(38-20-9-6-17-32(38)41(40)46)29-14-10-11-27(23-29)33-24-44-26-35-34-25-43-22-21-39(34)47-42(33)35/h1-3,5-14,16-23,25-26,31,37,44H,4,15,24H2. The van der Waals surface area contributed by atoms with E-state index in [1.807, 2.05) is 12.3 Å². The van der Waals surface area contributed by atoms with E-state index in [2.05, 4.69) is 142 Å². The predicted molar refractivity (Wildman–Crippen MR) is 190 cm³/mol. The van der Waals surface area contributed by atoms with Crippen molar-refractivity contribution in [3.05, 3.63) is 172 Å². The average molecular weight is 609 g/mol. The summed E-state index contributed by atoms with van der Waals surface area (Å²) < 4.78 is 6.45. The predicted octanol–water partition coefficient (Wildman–Crippen LogP) is 7.47. The molecule has 5 aliphatic rings. The van der Waals surface area contributed by atoms with E-state index in [0.717, 1.165) is 51.3 Å². The summed E-state index contributed by atoms with van der Waals surface area (Å²) in [6.45, 7) is 0.693. The Morgan fingerprint density at radius 2 is 1.72 bits per heavy atom. The van der Waals surface area contributed by atoms with Crippen LogP contribution >= 0.6 is 0 Å². The van der Waals surface area contributed by atoms with Gasteiger partial charge in [-0.2, -0.15) is 0 Å². The van der Waals surface area contributed by atoms with E-state index in [0.29, 0.717) is 6.54 Å². The fourth-order valence-corrected chi connectivity index (χ4v) is 8.19. The number of hydrogen-bond donors (Lipinski definition) is 1. The number of rotatable bonds is 3. The van der Waals surface area contributed by atoms with Crippen LogP contribution in [-0.2, 0) is 0 Å². The topological polar surface area (TPSA) is 44.5 Å². The van der Waals surface area contributed by atoms with Crippen LogP contribution in [0, 0.1) is 5.92 Å². The molecule has 1 N–H and O–H groups in total. The summed E-state index contributed by atoms with van der Waals surface area (Å²) in [5, 5.41) is 5.59. The van der Waals surface area contributed by atoms with Gasteiger partial charge in [0.1, 0.15) is 11.0 Å². The Kier molecular flexibility index (Phi) is 5.82. The Morgan fingerprint density at radius 1 is 0.851 bits per heavy atom. The van der Waals surface area contributed by atoms with Crippen molar-refractivity contribution in [3.8, 4) is 0 Å². The van der Waals surface area contributed by atoms with Crippen molar-refractivity contribution in [1.29, 1.82) is 0 Å². The maximum absolute atomic E-state index is 6.45. The van der Waals surface area contributed by atoms with Crippen LogP contribution < -0.4 is 25.8 Å². The van der Waals surface area contributed by atoms with Gasteiger partial charge in [0.05, 0.1) is 17.4 Å². The number of nitrogens with zero attached hydrogens (tertiary/aromatic N) is 3. The summed E-state index contributed by atoms with van der Waals surface area (Å²) in [6.07, 6.45) is 21.7. The second-order valence-electron chi connectivity index (χ2n) is 12.7. The number of hydrogen-bond acceptors (Lipinski definition) is 5. The first-order chi connectivity index (χ1) is 23.3. The summed E-state index contributed by atoms with van der Waals surface area (Å²) in [7, 11) is 0. The van der Waals surface area contributed by atoms with Gasteiger partial charge in [0.2, 0.25) is 0 Å². The average Bonchev–Trinajstić information content (AvgIpc) is 3.65. The second-order valence-corrected chi connectivity index (χ2v) is 12.7. The fraction of sp³-hybridized carbons (Fsp3) is 0.119. The molecule has 226 valence electrons. The lowest BCUT2D eigenvalue weighted by Gasteiger charge is -2.35. The highest BCUT2D eigenvalue weighted by Crippen LogP contribution is 2.54. The molecular weight excluding hydrogens is 576 g/mol. The van der Waals surface area contributed by atoms with Gasteiger partial charge in [-0.15, -0.1) is 0 Å². The number of para-hydroxylation sites is 2. The molecule has 47 heavy (non-hydrogen) atoms. The van der Waals surface area contributed by atoms with Crippen molar-refractivity contribution in [2.24, 2.45) is 5.92 Å². The lowest BCUT2D eigenvalue weighted by molar-refractivity contribution is 0.568. The molecule has 0 fully saturated rings. The van der Waals surface area contributed by atoms with Crippen LogP contribution in [-0.4, -0.2) is 17.6 Å². The molecular formula is C42H32N4O. The van der Waals surface area contributed by atoms with Crippen LogP contribution in [0.15, 0.2) is 155 Å². The molecule has 0 amide bonds. The number of allylic oxidation sites excluding steroid dienone is 5. The molecule has 5 nitrogen and oxygen atoms in total. The molecule has 3 aliphatic heterocycles. The Morgan fingerprint density at radius 3 is 2.68 bits per heavy atom. The highest BCUT2D eigenvalue weighted by atomic mass is 16.3. The summed E-state index contributed by atoms with van der Waals surface area (Å²) in [5.74, 6) is 0.271. The Bertz CT molecular complexity index is 2390. The van der Waals surface area contributed by atoms with Gasteiger partial charge in [-0.3, -0.25) is 4.98 Å². The van der Waals surface area contributed by atoms with E-state index in [1.54, 1.807) is 6.20 Å². The molecule has 2 unspecified atom stereocenters. The van der Waals surface area contributed by atoms with Crippen LogP contribution in [0.5, 0.6) is 0 Å². The van der Waals surface area contributed by atoms with Crippen LogP contribution in [0.4, 0.5) is 17.1 Å². The van der Waals surface area contributed by atoms with Gasteiger partial charge < -0.3 is 19.5 Å². The van der Waals surface area contributed by atoms with E-state index < -0.39 is 0 Å². The van der Waals surface area contributed by atoms with Gasteiger partial charge in [-0.1, -0.05) is 78.9 Å². The number of furan rings is 1. The molecule has 3 aromatic carbocycles. The van der Waals surface area contributed by atoms with Crippen molar-refractivity contribution >= 4 is 45.5 Å². The van der Waals surface area contributed by atoms with Crippen molar-refractivity contribution < 1.29 is 4.42 Å². The fourth-order valence-electron chi connectivity index (χ4n) is 8.19. The van der Waals surface area contributed by atoms with E-state index in [1.165, 1.54) is 39.5 Å². The summed E-state index contributed by atoms with van der Waals surface area (Å²) in [5.41, 5.74) is 14.3. The molecule has 2 atom stereocenters. The summed E-state index contributed by atoms with van der Waals surface area (Å²) >= 11 is 0. The maximum atomic E-state index is 6.45. The van der Waals surface area contributed by atoms with E-state index in [4.69, 9.17) is 4.42 Å². The lowest BCUT2D eigenvalue weighted by atomic mass is 9.82. The minimum atomic E-state index is 0.232. The molecule has 0 radical (unpaired) electrons. The van der Waals surface area contributed by atoms with Gasteiger partial charge in [0.15, 0.2) is 0 Å². The Labute approximate surface area is 273 Å². The third-order valence-electron chi connectivity index (χ3n) is 10.2. The van der Waals surface area contributed by atoms with Crippen LogP contribution in [0.2, 0.25) is 0 Å². The molecule has 2 aliphatic carbocycles. The van der Waals surface area contributed by atoms with E-state index in [9.17, 15) is 0 Å². The minimum absolute atomic E-state index is 0.232. The largest absolute Gasteiger partial charge is 0.456 e. The first kappa shape index (κ1) is 26.4. The van der Waals surface area contributed by atoms with Crippen molar-refractivity contribution in [2.75, 3.05) is 16.3 Å². The lowest BCUT2D eigenvalue weighted by Crippen LogP contribution is -2.34. The zero-order valence-electron chi connectivity index (χ0n) is 25.8. The SMILES string of the molecule is C1=CC2C3=C(c4ccccc4N(c4cccc(C5=c6oc7ccncc7c6=CNC5)c4)C4=C3CCC=C4)N(c3ccccc3)C2C=C1. The zero-order valence-corrected chi connectivity index (χ0v) is 25.8. The Balaban J connectivity index is 1.21. The Hall–Kier alpha value is -5.81. The number of pyridine rings is 1. The molecule has 10 rings (SSSR count). The second kappa shape index (κ2) is 10.4. The molecule has 0 saturated heterocycles. The van der Waals surface area contributed by atoms with Crippen molar-refractivity contribution in [2.45, 2.75) is 18.9 Å². The highest BCUT2D eigenvalue weighted by molar-refractivity contribution is 5.97. The van der Waals surface area contributed by atoms with Gasteiger partial charge in [-0.05, 0) is 72.0 Å². The highest BCUT2D eigenvalue weighted by Gasteiger charge is 2.44. The molecule has 5 heteroatoms. The quantitative estimate of drug-likeness (QED) is 0.230. The van der Waals surface area contributed by atoms with Gasteiger partial charge in [0.25, 0.3) is 0 Å². The molecule has 0 saturated carbocycles. The zero-order chi connectivity index (χ0) is 30.9. The van der Waals surface area contributed by atoms with Gasteiger partial charge in [-0.25, -0.2) is 0 Å². The van der Waals surface area contributed by atoms with Crippen LogP contribution in [0.3, 0.4) is 0 Å². The maximum Gasteiger partial charge on any atom is 0.142 e. The smallest absolute Gasteiger partial charge is 0.142 e. The summed E-state index contributed by atoms with van der Waals surface area (Å²) in [6, 6.07) is 31.0. The molecule has 2 aromatic heterocycles. The first-order valence-electron chi connectivity index (χ1n) is 16.5. The number of nitrogens with one attached hydrogen (secondary N) is 1. The normalized spacial score (nSPS) is 20.7. The number of fused-ring (bicyclic) bond motifs is 8. The van der Waals surface area contributed by atoms with Crippen LogP contribution in [0.1, 0.15) is 24.0 Å². The number of aromatic nitrogens is 1. The van der Waals surface area contributed by atoms with Crippen molar-refractivity contribution in [1.82, 2.24) is 10.3 Å². The molecule has 5 heterocycles. The van der Waals surface area contributed by atoms with E-state index in [-0.39, 0.29) is 12.0 Å². The van der Waals surface area contributed by atoms with Crippen molar-refractivity contribution in [3.63, 3.8) is 0 Å². The number of benzene rings is 3. The monoisotopic (exact) mass is 608 g/mol. The first-order valence-corrected chi connectivity index (χ1v) is 16.5. The van der Waals surface area contributed by atoms with Gasteiger partial charge >= 0.3 is 0 Å². The number of anilines is 3.